The van der Waals surface area contributed by atoms with Crippen molar-refractivity contribution in [1.82, 2.24) is 19.9 Å². The fourth-order valence-electron chi connectivity index (χ4n) is 3.41. The fraction of sp³-hybridized carbons (Fsp3) is 0. The van der Waals surface area contributed by atoms with Gasteiger partial charge in [0, 0.05) is 0 Å². The summed E-state index contributed by atoms with van der Waals surface area (Å²) in [6, 6.07) is 19.9. The van der Waals surface area contributed by atoms with Crippen molar-refractivity contribution < 1.29 is 4.42 Å². The molecule has 6 aromatic rings. The zero-order valence-corrected chi connectivity index (χ0v) is 14.8. The molecule has 0 saturated carbocycles. The maximum atomic E-state index is 6.04. The van der Waals surface area contributed by atoms with E-state index in [0.717, 1.165) is 49.3 Å². The van der Waals surface area contributed by atoms with Gasteiger partial charge in [-0.2, -0.15) is 0 Å². The van der Waals surface area contributed by atoms with Crippen LogP contribution in [0.2, 0.25) is 0 Å². The number of nitrogens with zero attached hydrogens (tertiary/aromatic N) is 3. The first-order valence-corrected chi connectivity index (χ1v) is 9.42. The summed E-state index contributed by atoms with van der Waals surface area (Å²) in [5, 5.41) is 0. The highest BCUT2D eigenvalue weighted by Crippen LogP contribution is 2.38. The van der Waals surface area contributed by atoms with Crippen LogP contribution in [0.25, 0.3) is 55.2 Å². The number of aromatic amines is 1. The number of aromatic nitrogens is 4. The summed E-state index contributed by atoms with van der Waals surface area (Å²) in [5.74, 6) is 1.34. The first-order chi connectivity index (χ1) is 13.4. The second-order valence-corrected chi connectivity index (χ2v) is 7.16. The van der Waals surface area contributed by atoms with Crippen LogP contribution in [0.4, 0.5) is 0 Å². The number of benzene rings is 3. The molecule has 5 nitrogen and oxygen atoms in total. The van der Waals surface area contributed by atoms with Crippen molar-refractivity contribution in [2.24, 2.45) is 0 Å². The van der Waals surface area contributed by atoms with Gasteiger partial charge in [-0.1, -0.05) is 24.3 Å². The second kappa shape index (κ2) is 5.49. The molecule has 3 aromatic carbocycles. The molecule has 0 spiro atoms. The summed E-state index contributed by atoms with van der Waals surface area (Å²) in [7, 11) is 0. The Morgan fingerprint density at radius 3 is 2.59 bits per heavy atom. The van der Waals surface area contributed by atoms with E-state index in [1.807, 2.05) is 60.1 Å². The van der Waals surface area contributed by atoms with Gasteiger partial charge in [0.25, 0.3) is 0 Å². The van der Waals surface area contributed by atoms with Crippen molar-refractivity contribution in [3.63, 3.8) is 0 Å². The molecular formula is C21H12N4OS. The van der Waals surface area contributed by atoms with E-state index < -0.39 is 0 Å². The van der Waals surface area contributed by atoms with E-state index in [0.29, 0.717) is 5.89 Å². The Bertz CT molecular complexity index is 1380. The molecule has 6 rings (SSSR count). The summed E-state index contributed by atoms with van der Waals surface area (Å²) in [6.07, 6.45) is 0. The van der Waals surface area contributed by atoms with Gasteiger partial charge in [0.1, 0.15) is 11.3 Å². The molecule has 3 heterocycles. The molecule has 0 atom stereocenters. The summed E-state index contributed by atoms with van der Waals surface area (Å²) in [6.45, 7) is 0. The Kier molecular flexibility index (Phi) is 2.98. The van der Waals surface area contributed by atoms with Gasteiger partial charge in [0.2, 0.25) is 5.89 Å². The Labute approximate surface area is 157 Å². The number of hydrogen-bond donors (Lipinski definition) is 1. The third kappa shape index (κ3) is 2.20. The van der Waals surface area contributed by atoms with Crippen LogP contribution in [-0.2, 0) is 0 Å². The molecule has 1 N–H and O–H groups in total. The van der Waals surface area contributed by atoms with Gasteiger partial charge in [-0.25, -0.2) is 15.0 Å². The minimum Gasteiger partial charge on any atom is -0.436 e. The standard InChI is InChI=1S/C21H12N4OS/c1-2-6-14-13(5-1)23-20(24-14)18-12(9-10-17-19(18)22-11-27-17)21-25-15-7-3-4-8-16(15)26-21/h1-11H,(H,23,24). The highest BCUT2D eigenvalue weighted by Gasteiger charge is 2.20. The Balaban J connectivity index is 1.68. The lowest BCUT2D eigenvalue weighted by Gasteiger charge is -2.05. The number of oxazole rings is 1. The van der Waals surface area contributed by atoms with Gasteiger partial charge in [-0.15, -0.1) is 11.3 Å². The van der Waals surface area contributed by atoms with Crippen molar-refractivity contribution in [2.45, 2.75) is 0 Å². The van der Waals surface area contributed by atoms with E-state index in [-0.39, 0.29) is 0 Å². The van der Waals surface area contributed by atoms with Crippen molar-refractivity contribution in [2.75, 3.05) is 0 Å². The number of nitrogens with one attached hydrogen (secondary N) is 1. The number of imidazole rings is 1. The quantitative estimate of drug-likeness (QED) is 0.429. The first-order valence-electron chi connectivity index (χ1n) is 8.54. The van der Waals surface area contributed by atoms with E-state index in [4.69, 9.17) is 9.40 Å². The van der Waals surface area contributed by atoms with Gasteiger partial charge >= 0.3 is 0 Å². The molecule has 0 aliphatic heterocycles. The SMILES string of the molecule is c1ccc2[nH]c(-c3c(-c4nc5ccccc5o4)ccc4scnc34)nc2c1. The van der Waals surface area contributed by atoms with Gasteiger partial charge < -0.3 is 9.40 Å². The van der Waals surface area contributed by atoms with Gasteiger partial charge in [0.15, 0.2) is 5.58 Å². The number of H-pyrrole nitrogens is 1. The van der Waals surface area contributed by atoms with E-state index in [1.165, 1.54) is 0 Å². The van der Waals surface area contributed by atoms with Crippen molar-refractivity contribution in [3.8, 4) is 22.8 Å². The highest BCUT2D eigenvalue weighted by molar-refractivity contribution is 7.16. The average Bonchev–Trinajstić information content (AvgIpc) is 3.43. The molecule has 0 fully saturated rings. The van der Waals surface area contributed by atoms with Crippen LogP contribution in [-0.4, -0.2) is 19.9 Å². The van der Waals surface area contributed by atoms with Crippen molar-refractivity contribution in [1.29, 1.82) is 0 Å². The molecule has 128 valence electrons. The maximum Gasteiger partial charge on any atom is 0.228 e. The Morgan fingerprint density at radius 2 is 1.70 bits per heavy atom. The Hall–Kier alpha value is -3.51. The van der Waals surface area contributed by atoms with E-state index in [2.05, 4.69) is 21.0 Å². The van der Waals surface area contributed by atoms with Crippen LogP contribution in [0.5, 0.6) is 0 Å². The van der Waals surface area contributed by atoms with E-state index >= 15 is 0 Å². The Morgan fingerprint density at radius 1 is 0.852 bits per heavy atom. The minimum atomic E-state index is 0.571. The smallest absolute Gasteiger partial charge is 0.228 e. The van der Waals surface area contributed by atoms with Crippen LogP contribution in [0.1, 0.15) is 0 Å². The summed E-state index contributed by atoms with van der Waals surface area (Å²) in [5.41, 5.74) is 8.06. The molecule has 0 aliphatic carbocycles. The van der Waals surface area contributed by atoms with Crippen molar-refractivity contribution in [3.05, 3.63) is 66.2 Å². The summed E-state index contributed by atoms with van der Waals surface area (Å²) in [4.78, 5) is 17.5. The monoisotopic (exact) mass is 368 g/mol. The molecule has 6 heteroatoms. The summed E-state index contributed by atoms with van der Waals surface area (Å²) >= 11 is 1.61. The molecular weight excluding hydrogens is 356 g/mol. The molecule has 27 heavy (non-hydrogen) atoms. The number of hydrogen-bond acceptors (Lipinski definition) is 5. The second-order valence-electron chi connectivity index (χ2n) is 6.28. The van der Waals surface area contributed by atoms with Crippen LogP contribution in [0.3, 0.4) is 0 Å². The number of thiazole rings is 1. The minimum absolute atomic E-state index is 0.571. The van der Waals surface area contributed by atoms with Gasteiger partial charge in [0.05, 0.1) is 37.9 Å². The fourth-order valence-corrected chi connectivity index (χ4v) is 4.09. The lowest BCUT2D eigenvalue weighted by Crippen LogP contribution is -1.89. The highest BCUT2D eigenvalue weighted by atomic mass is 32.1. The molecule has 0 saturated heterocycles. The molecule has 0 aliphatic rings. The van der Waals surface area contributed by atoms with Gasteiger partial charge in [-0.3, -0.25) is 0 Å². The lowest BCUT2D eigenvalue weighted by molar-refractivity contribution is 0.620. The lowest BCUT2D eigenvalue weighted by atomic mass is 10.1. The van der Waals surface area contributed by atoms with Gasteiger partial charge in [-0.05, 0) is 36.4 Å². The number of fused-ring (bicyclic) bond motifs is 3. The van der Waals surface area contributed by atoms with Crippen LogP contribution < -0.4 is 0 Å². The summed E-state index contributed by atoms with van der Waals surface area (Å²) < 4.78 is 7.14. The third-order valence-corrected chi connectivity index (χ3v) is 5.45. The topological polar surface area (TPSA) is 67.6 Å². The average molecular weight is 368 g/mol. The zero-order chi connectivity index (χ0) is 17.8. The first kappa shape index (κ1) is 14.6. The largest absolute Gasteiger partial charge is 0.436 e. The van der Waals surface area contributed by atoms with Crippen LogP contribution >= 0.6 is 11.3 Å². The predicted molar refractivity (Wildman–Crippen MR) is 108 cm³/mol. The molecule has 0 bridgehead atoms. The zero-order valence-electron chi connectivity index (χ0n) is 14.0. The molecule has 3 aromatic heterocycles. The predicted octanol–water partition coefficient (Wildman–Crippen LogP) is 5.65. The molecule has 0 amide bonds. The molecule has 0 radical (unpaired) electrons. The van der Waals surface area contributed by atoms with Crippen LogP contribution in [0.15, 0.2) is 70.6 Å². The van der Waals surface area contributed by atoms with E-state index in [9.17, 15) is 0 Å². The van der Waals surface area contributed by atoms with E-state index in [1.54, 1.807) is 11.3 Å². The number of rotatable bonds is 2. The van der Waals surface area contributed by atoms with Crippen molar-refractivity contribution >= 4 is 43.7 Å². The normalized spacial score (nSPS) is 11.7. The number of para-hydroxylation sites is 4. The molecule has 0 unspecified atom stereocenters. The van der Waals surface area contributed by atoms with Crippen LogP contribution in [0, 0.1) is 0 Å². The third-order valence-electron chi connectivity index (χ3n) is 4.65. The maximum absolute atomic E-state index is 6.04.